The second-order valence-corrected chi connectivity index (χ2v) is 8.74. The van der Waals surface area contributed by atoms with Crippen LogP contribution in [0.3, 0.4) is 0 Å². The summed E-state index contributed by atoms with van der Waals surface area (Å²) in [6.07, 6.45) is 4.63. The molecule has 0 spiro atoms. The standard InChI is InChI=1S/C22H40N8O2/c1-3-23-20(27-18-22(2,31)19-29-14-16-32-17-15-29)24-8-5-9-28-10-12-30(13-11-28)21-25-6-4-7-26-21/h4,6-7,31H,3,5,8-19H2,1-2H3,(H2,23,24,27). The minimum atomic E-state index is -0.859. The van der Waals surface area contributed by atoms with E-state index in [1.807, 2.05) is 13.0 Å². The summed E-state index contributed by atoms with van der Waals surface area (Å²) in [5.74, 6) is 1.59. The van der Waals surface area contributed by atoms with Crippen LogP contribution in [-0.2, 0) is 4.74 Å². The first-order chi connectivity index (χ1) is 15.6. The summed E-state index contributed by atoms with van der Waals surface area (Å²) in [5, 5.41) is 17.5. The Balaban J connectivity index is 1.34. The first-order valence-corrected chi connectivity index (χ1v) is 11.8. The van der Waals surface area contributed by atoms with Crippen LogP contribution < -0.4 is 15.5 Å². The maximum atomic E-state index is 10.8. The van der Waals surface area contributed by atoms with Crippen molar-refractivity contribution in [2.45, 2.75) is 25.9 Å². The zero-order chi connectivity index (χ0) is 22.7. The Morgan fingerprint density at radius 1 is 1.09 bits per heavy atom. The van der Waals surface area contributed by atoms with Gasteiger partial charge in [-0.1, -0.05) is 0 Å². The average molecular weight is 449 g/mol. The zero-order valence-electron chi connectivity index (χ0n) is 19.7. The topological polar surface area (TPSA) is 101 Å². The molecule has 0 aromatic carbocycles. The van der Waals surface area contributed by atoms with Crippen molar-refractivity contribution in [1.82, 2.24) is 30.4 Å². The Morgan fingerprint density at radius 2 is 1.81 bits per heavy atom. The summed E-state index contributed by atoms with van der Waals surface area (Å²) in [6, 6.07) is 1.85. The van der Waals surface area contributed by atoms with Gasteiger partial charge in [-0.05, 0) is 32.9 Å². The minimum Gasteiger partial charge on any atom is -0.387 e. The minimum absolute atomic E-state index is 0.364. The predicted octanol–water partition coefficient (Wildman–Crippen LogP) is -0.373. The van der Waals surface area contributed by atoms with Crippen LogP contribution in [0.25, 0.3) is 0 Å². The van der Waals surface area contributed by atoms with Gasteiger partial charge >= 0.3 is 0 Å². The lowest BCUT2D eigenvalue weighted by Gasteiger charge is -2.34. The predicted molar refractivity (Wildman–Crippen MR) is 127 cm³/mol. The van der Waals surface area contributed by atoms with E-state index < -0.39 is 5.60 Å². The van der Waals surface area contributed by atoms with Crippen molar-refractivity contribution in [3.8, 4) is 0 Å². The molecule has 1 atom stereocenters. The maximum Gasteiger partial charge on any atom is 0.225 e. The molecule has 3 N–H and O–H groups in total. The maximum absolute atomic E-state index is 10.8. The number of nitrogens with zero attached hydrogens (tertiary/aromatic N) is 6. The number of hydrogen-bond acceptors (Lipinski definition) is 8. The van der Waals surface area contributed by atoms with Gasteiger partial charge in [0.15, 0.2) is 5.96 Å². The van der Waals surface area contributed by atoms with Crippen LogP contribution in [0.5, 0.6) is 0 Å². The van der Waals surface area contributed by atoms with Crippen molar-refractivity contribution in [1.29, 1.82) is 0 Å². The third-order valence-electron chi connectivity index (χ3n) is 5.74. The third kappa shape index (κ3) is 8.50. The van der Waals surface area contributed by atoms with E-state index in [9.17, 15) is 5.11 Å². The van der Waals surface area contributed by atoms with Crippen molar-refractivity contribution in [3.05, 3.63) is 18.5 Å². The summed E-state index contributed by atoms with van der Waals surface area (Å²) >= 11 is 0. The molecule has 0 saturated carbocycles. The lowest BCUT2D eigenvalue weighted by molar-refractivity contribution is -0.0179. The molecule has 10 heteroatoms. The number of aromatic nitrogens is 2. The number of guanidine groups is 1. The number of nitrogens with one attached hydrogen (secondary N) is 2. The molecular weight excluding hydrogens is 408 g/mol. The van der Waals surface area contributed by atoms with Gasteiger partial charge in [0.1, 0.15) is 0 Å². The number of aliphatic hydroxyl groups is 1. The molecule has 0 radical (unpaired) electrons. The normalized spacial score (nSPS) is 20.7. The van der Waals surface area contributed by atoms with Crippen molar-refractivity contribution in [2.75, 3.05) is 90.1 Å². The van der Waals surface area contributed by atoms with Gasteiger partial charge in [-0.3, -0.25) is 14.8 Å². The Hall–Kier alpha value is -2.01. The molecule has 3 rings (SSSR count). The van der Waals surface area contributed by atoms with Crippen molar-refractivity contribution >= 4 is 11.9 Å². The number of aliphatic imine (C=N–C) groups is 1. The van der Waals surface area contributed by atoms with Crippen LogP contribution in [-0.4, -0.2) is 122 Å². The highest BCUT2D eigenvalue weighted by molar-refractivity contribution is 5.79. The van der Waals surface area contributed by atoms with Gasteiger partial charge in [0.25, 0.3) is 0 Å². The van der Waals surface area contributed by atoms with Crippen LogP contribution in [0.1, 0.15) is 20.3 Å². The molecule has 0 aliphatic carbocycles. The molecule has 2 saturated heterocycles. The van der Waals surface area contributed by atoms with Gasteiger partial charge in [-0.15, -0.1) is 0 Å². The van der Waals surface area contributed by atoms with Gasteiger partial charge in [0, 0.05) is 71.3 Å². The number of piperazine rings is 1. The second kappa shape index (κ2) is 12.9. The van der Waals surface area contributed by atoms with E-state index in [1.165, 1.54) is 0 Å². The summed E-state index contributed by atoms with van der Waals surface area (Å²) < 4.78 is 5.39. The Morgan fingerprint density at radius 3 is 2.50 bits per heavy atom. The molecule has 10 nitrogen and oxygen atoms in total. The van der Waals surface area contributed by atoms with Crippen LogP contribution in [0.2, 0.25) is 0 Å². The molecule has 0 bridgehead atoms. The summed E-state index contributed by atoms with van der Waals surface area (Å²) in [7, 11) is 0. The largest absolute Gasteiger partial charge is 0.387 e. The molecule has 1 unspecified atom stereocenters. The second-order valence-electron chi connectivity index (χ2n) is 8.74. The van der Waals surface area contributed by atoms with E-state index in [-0.39, 0.29) is 0 Å². The van der Waals surface area contributed by atoms with Gasteiger partial charge in [0.05, 0.1) is 25.4 Å². The third-order valence-corrected chi connectivity index (χ3v) is 5.74. The molecule has 3 heterocycles. The highest BCUT2D eigenvalue weighted by Crippen LogP contribution is 2.10. The Labute approximate surface area is 192 Å². The van der Waals surface area contributed by atoms with Crippen LogP contribution >= 0.6 is 0 Å². The van der Waals surface area contributed by atoms with Gasteiger partial charge in [-0.2, -0.15) is 0 Å². The van der Waals surface area contributed by atoms with E-state index in [2.05, 4.69) is 47.2 Å². The molecule has 2 aliphatic rings. The van der Waals surface area contributed by atoms with E-state index in [4.69, 9.17) is 4.74 Å². The zero-order valence-corrected chi connectivity index (χ0v) is 19.7. The van der Waals surface area contributed by atoms with E-state index in [1.54, 1.807) is 12.4 Å². The number of morpholine rings is 1. The highest BCUT2D eigenvalue weighted by Gasteiger charge is 2.25. The number of hydrogen-bond donors (Lipinski definition) is 3. The van der Waals surface area contributed by atoms with Gasteiger partial charge < -0.3 is 25.4 Å². The fourth-order valence-corrected chi connectivity index (χ4v) is 4.02. The highest BCUT2D eigenvalue weighted by atomic mass is 16.5. The SMILES string of the molecule is CCNC(=NCC(C)(O)CN1CCOCC1)NCCCN1CCN(c2ncccn2)CC1. The average Bonchev–Trinajstić information content (AvgIpc) is 2.81. The van der Waals surface area contributed by atoms with Crippen molar-refractivity contribution < 1.29 is 9.84 Å². The fourth-order valence-electron chi connectivity index (χ4n) is 4.02. The molecule has 2 fully saturated rings. The number of anilines is 1. The van der Waals surface area contributed by atoms with E-state index in [0.717, 1.165) is 90.4 Å². The lowest BCUT2D eigenvalue weighted by Crippen LogP contribution is -2.48. The van der Waals surface area contributed by atoms with Crippen molar-refractivity contribution in [2.24, 2.45) is 4.99 Å². The summed E-state index contributed by atoms with van der Waals surface area (Å²) in [4.78, 5) is 20.3. The monoisotopic (exact) mass is 448 g/mol. The lowest BCUT2D eigenvalue weighted by atomic mass is 10.1. The number of β-amino-alcohol motifs (C(OH)–C–C–N with tert-alkyl or cyclic N) is 1. The van der Waals surface area contributed by atoms with E-state index in [0.29, 0.717) is 13.1 Å². The van der Waals surface area contributed by atoms with Crippen LogP contribution in [0.15, 0.2) is 23.5 Å². The first-order valence-electron chi connectivity index (χ1n) is 11.8. The quantitative estimate of drug-likeness (QED) is 0.251. The molecule has 1 aromatic rings. The molecule has 2 aliphatic heterocycles. The summed E-state index contributed by atoms with van der Waals surface area (Å²) in [6.45, 7) is 14.7. The van der Waals surface area contributed by atoms with Crippen molar-refractivity contribution in [3.63, 3.8) is 0 Å². The van der Waals surface area contributed by atoms with Crippen LogP contribution in [0.4, 0.5) is 5.95 Å². The van der Waals surface area contributed by atoms with E-state index >= 15 is 0 Å². The van der Waals surface area contributed by atoms with Gasteiger partial charge in [-0.25, -0.2) is 9.97 Å². The molecule has 1 aromatic heterocycles. The molecule has 32 heavy (non-hydrogen) atoms. The molecular formula is C22H40N8O2. The number of rotatable bonds is 10. The molecule has 180 valence electrons. The molecule has 0 amide bonds. The number of ether oxygens (including phenoxy) is 1. The summed E-state index contributed by atoms with van der Waals surface area (Å²) in [5.41, 5.74) is -0.859. The van der Waals surface area contributed by atoms with Crippen LogP contribution in [0, 0.1) is 0 Å². The smallest absolute Gasteiger partial charge is 0.225 e. The first kappa shape index (κ1) is 24.6. The Kier molecular flexibility index (Phi) is 9.91. The fraction of sp³-hybridized carbons (Fsp3) is 0.773. The Bertz CT molecular complexity index is 674. The van der Waals surface area contributed by atoms with Gasteiger partial charge in [0.2, 0.25) is 5.95 Å².